The van der Waals surface area contributed by atoms with Gasteiger partial charge in [-0.2, -0.15) is 0 Å². The van der Waals surface area contributed by atoms with Crippen LogP contribution >= 0.6 is 0 Å². The normalized spacial score (nSPS) is 29.9. The molecule has 1 aliphatic rings. The topological polar surface area (TPSA) is 52.6 Å². The lowest BCUT2D eigenvalue weighted by Gasteiger charge is -2.32. The van der Waals surface area contributed by atoms with E-state index in [1.54, 1.807) is 7.05 Å². The van der Waals surface area contributed by atoms with E-state index in [4.69, 9.17) is 0 Å². The molecule has 0 aromatic heterocycles. The van der Waals surface area contributed by atoms with Gasteiger partial charge in [0.05, 0.1) is 0 Å². The Morgan fingerprint density at radius 3 is 2.47 bits per heavy atom. The van der Waals surface area contributed by atoms with Crippen molar-refractivity contribution in [2.24, 2.45) is 5.41 Å². The van der Waals surface area contributed by atoms with Crippen molar-refractivity contribution in [1.82, 2.24) is 10.2 Å². The average molecular weight is 242 g/mol. The Hall–Kier alpha value is -0.610. The SMILES string of the molecule is CNC1(C(=O)O)CCC(N(C)CC(C)(C)C)C1. The highest BCUT2D eigenvalue weighted by atomic mass is 16.4. The van der Waals surface area contributed by atoms with E-state index in [1.165, 1.54) is 0 Å². The van der Waals surface area contributed by atoms with Crippen LogP contribution in [-0.2, 0) is 4.79 Å². The van der Waals surface area contributed by atoms with Gasteiger partial charge in [0, 0.05) is 12.6 Å². The van der Waals surface area contributed by atoms with E-state index >= 15 is 0 Å². The van der Waals surface area contributed by atoms with Gasteiger partial charge >= 0.3 is 5.97 Å². The summed E-state index contributed by atoms with van der Waals surface area (Å²) >= 11 is 0. The highest BCUT2D eigenvalue weighted by Crippen LogP contribution is 2.33. The highest BCUT2D eigenvalue weighted by molar-refractivity contribution is 5.79. The maximum absolute atomic E-state index is 11.3. The number of carboxylic acid groups (broad SMARTS) is 1. The summed E-state index contributed by atoms with van der Waals surface area (Å²) in [5.41, 5.74) is -0.459. The third kappa shape index (κ3) is 3.42. The fraction of sp³-hybridized carbons (Fsp3) is 0.923. The van der Waals surface area contributed by atoms with Crippen molar-refractivity contribution < 1.29 is 9.90 Å². The summed E-state index contributed by atoms with van der Waals surface area (Å²) in [6, 6.07) is 0.373. The number of hydrogen-bond acceptors (Lipinski definition) is 3. The number of nitrogens with one attached hydrogen (secondary N) is 1. The van der Waals surface area contributed by atoms with Gasteiger partial charge in [-0.3, -0.25) is 4.79 Å². The maximum atomic E-state index is 11.3. The molecule has 4 nitrogen and oxygen atoms in total. The summed E-state index contributed by atoms with van der Waals surface area (Å²) < 4.78 is 0. The van der Waals surface area contributed by atoms with Crippen LogP contribution in [0.2, 0.25) is 0 Å². The molecule has 0 heterocycles. The molecule has 1 fully saturated rings. The van der Waals surface area contributed by atoms with Crippen molar-refractivity contribution in [2.75, 3.05) is 20.6 Å². The van der Waals surface area contributed by atoms with E-state index < -0.39 is 11.5 Å². The van der Waals surface area contributed by atoms with Gasteiger partial charge in [-0.05, 0) is 38.8 Å². The zero-order valence-corrected chi connectivity index (χ0v) is 11.7. The first-order valence-corrected chi connectivity index (χ1v) is 6.33. The molecule has 2 unspecified atom stereocenters. The average Bonchev–Trinajstić information content (AvgIpc) is 2.60. The molecule has 0 bridgehead atoms. The van der Waals surface area contributed by atoms with Crippen LogP contribution < -0.4 is 5.32 Å². The Balaban J connectivity index is 2.63. The summed E-state index contributed by atoms with van der Waals surface area (Å²) in [5.74, 6) is -0.716. The lowest BCUT2D eigenvalue weighted by atomic mass is 9.94. The number of aliphatic carboxylic acids is 1. The zero-order chi connectivity index (χ0) is 13.3. The van der Waals surface area contributed by atoms with Crippen molar-refractivity contribution in [1.29, 1.82) is 0 Å². The molecular weight excluding hydrogens is 216 g/mol. The Morgan fingerprint density at radius 2 is 2.12 bits per heavy atom. The van der Waals surface area contributed by atoms with Gasteiger partial charge in [-0.1, -0.05) is 20.8 Å². The summed E-state index contributed by atoms with van der Waals surface area (Å²) in [6.45, 7) is 7.62. The minimum atomic E-state index is -0.716. The monoisotopic (exact) mass is 242 g/mol. The molecule has 2 atom stereocenters. The minimum Gasteiger partial charge on any atom is -0.480 e. The Bertz CT molecular complexity index is 286. The molecule has 100 valence electrons. The molecule has 17 heavy (non-hydrogen) atoms. The third-order valence-electron chi connectivity index (χ3n) is 3.72. The molecule has 0 aliphatic heterocycles. The largest absolute Gasteiger partial charge is 0.480 e. The van der Waals surface area contributed by atoms with Crippen LogP contribution in [0.3, 0.4) is 0 Å². The zero-order valence-electron chi connectivity index (χ0n) is 11.7. The predicted octanol–water partition coefficient (Wildman–Crippen LogP) is 1.56. The van der Waals surface area contributed by atoms with Gasteiger partial charge < -0.3 is 15.3 Å². The molecule has 2 N–H and O–H groups in total. The molecular formula is C13H26N2O2. The molecule has 0 spiro atoms. The molecule has 1 saturated carbocycles. The van der Waals surface area contributed by atoms with Gasteiger partial charge in [-0.15, -0.1) is 0 Å². The first-order chi connectivity index (χ1) is 7.70. The van der Waals surface area contributed by atoms with Crippen molar-refractivity contribution in [3.8, 4) is 0 Å². The Kier molecular flexibility index (Phi) is 4.20. The summed E-state index contributed by atoms with van der Waals surface area (Å²) in [4.78, 5) is 13.6. The second-order valence-electron chi connectivity index (χ2n) is 6.51. The summed E-state index contributed by atoms with van der Waals surface area (Å²) in [5, 5.41) is 12.3. The molecule has 0 saturated heterocycles. The second-order valence-corrected chi connectivity index (χ2v) is 6.51. The van der Waals surface area contributed by atoms with Crippen LogP contribution in [0.1, 0.15) is 40.0 Å². The molecule has 4 heteroatoms. The minimum absolute atomic E-state index is 0.253. The van der Waals surface area contributed by atoms with Gasteiger partial charge in [0.25, 0.3) is 0 Å². The van der Waals surface area contributed by atoms with E-state index in [1.807, 2.05) is 0 Å². The van der Waals surface area contributed by atoms with Gasteiger partial charge in [0.15, 0.2) is 0 Å². The van der Waals surface area contributed by atoms with Crippen LogP contribution in [0.25, 0.3) is 0 Å². The van der Waals surface area contributed by atoms with Crippen molar-refractivity contribution in [3.05, 3.63) is 0 Å². The highest BCUT2D eigenvalue weighted by Gasteiger charge is 2.45. The molecule has 1 rings (SSSR count). The maximum Gasteiger partial charge on any atom is 0.323 e. The standard InChI is InChI=1S/C13H26N2O2/c1-12(2,3)9-15(5)10-6-7-13(8-10,14-4)11(16)17/h10,14H,6-9H2,1-5H3,(H,16,17). The van der Waals surface area contributed by atoms with E-state index in [9.17, 15) is 9.90 Å². The summed E-state index contributed by atoms with van der Waals surface area (Å²) in [6.07, 6.45) is 2.38. The van der Waals surface area contributed by atoms with Gasteiger partial charge in [0.2, 0.25) is 0 Å². The number of carboxylic acids is 1. The van der Waals surface area contributed by atoms with Crippen LogP contribution in [0.15, 0.2) is 0 Å². The van der Waals surface area contributed by atoms with E-state index in [0.29, 0.717) is 12.5 Å². The van der Waals surface area contributed by atoms with E-state index in [-0.39, 0.29) is 5.41 Å². The van der Waals surface area contributed by atoms with Crippen molar-refractivity contribution in [3.63, 3.8) is 0 Å². The fourth-order valence-corrected chi connectivity index (χ4v) is 2.80. The summed E-state index contributed by atoms with van der Waals surface area (Å²) in [7, 11) is 3.85. The first kappa shape index (κ1) is 14.5. The molecule has 0 aromatic carbocycles. The number of rotatable bonds is 4. The molecule has 0 aromatic rings. The number of hydrogen-bond donors (Lipinski definition) is 2. The molecule has 1 aliphatic carbocycles. The molecule has 0 amide bonds. The van der Waals surface area contributed by atoms with Crippen LogP contribution in [0, 0.1) is 5.41 Å². The lowest BCUT2D eigenvalue weighted by Crippen LogP contribution is -2.49. The van der Waals surface area contributed by atoms with Crippen molar-refractivity contribution >= 4 is 5.97 Å². The van der Waals surface area contributed by atoms with Crippen LogP contribution in [0.4, 0.5) is 0 Å². The molecule has 0 radical (unpaired) electrons. The van der Waals surface area contributed by atoms with E-state index in [2.05, 4.69) is 38.0 Å². The number of likely N-dealkylation sites (N-methyl/N-ethyl adjacent to an activating group) is 1. The predicted molar refractivity (Wildman–Crippen MR) is 69.2 cm³/mol. The smallest absolute Gasteiger partial charge is 0.323 e. The number of nitrogens with zero attached hydrogens (tertiary/aromatic N) is 1. The fourth-order valence-electron chi connectivity index (χ4n) is 2.80. The van der Waals surface area contributed by atoms with Crippen molar-refractivity contribution in [2.45, 2.75) is 51.6 Å². The third-order valence-corrected chi connectivity index (χ3v) is 3.72. The first-order valence-electron chi connectivity index (χ1n) is 6.33. The lowest BCUT2D eigenvalue weighted by molar-refractivity contribution is -0.144. The van der Waals surface area contributed by atoms with Gasteiger partial charge in [-0.25, -0.2) is 0 Å². The Labute approximate surface area is 104 Å². The Morgan fingerprint density at radius 1 is 1.53 bits per heavy atom. The van der Waals surface area contributed by atoms with Crippen LogP contribution in [-0.4, -0.2) is 48.2 Å². The second kappa shape index (κ2) is 4.94. The quantitative estimate of drug-likeness (QED) is 0.785. The van der Waals surface area contributed by atoms with Crippen LogP contribution in [0.5, 0.6) is 0 Å². The van der Waals surface area contributed by atoms with E-state index in [0.717, 1.165) is 19.4 Å². The van der Waals surface area contributed by atoms with Gasteiger partial charge in [0.1, 0.15) is 5.54 Å². The number of carbonyl (C=O) groups is 1.